The zero-order chi connectivity index (χ0) is 35.9. The summed E-state index contributed by atoms with van der Waals surface area (Å²) in [5.41, 5.74) is -1.73. The molecule has 0 spiro atoms. The van der Waals surface area contributed by atoms with Crippen LogP contribution in [0.3, 0.4) is 0 Å². The Kier molecular flexibility index (Phi) is 11.1. The molecule has 12 nitrogen and oxygen atoms in total. The molecular formula is C34H51Cl2N5O7S. The Morgan fingerprint density at radius 1 is 1.00 bits per heavy atom. The summed E-state index contributed by atoms with van der Waals surface area (Å²) in [6.07, 6.45) is 9.08. The van der Waals surface area contributed by atoms with E-state index in [0.29, 0.717) is 38.0 Å². The molecule has 0 aromatic heterocycles. The lowest BCUT2D eigenvalue weighted by atomic mass is 9.78. The van der Waals surface area contributed by atoms with Crippen LogP contribution in [0.1, 0.15) is 91.4 Å². The van der Waals surface area contributed by atoms with E-state index in [1.54, 1.807) is 20.8 Å². The number of likely N-dealkylation sites (tertiary alicyclic amines) is 1. The maximum atomic E-state index is 14.4. The molecule has 5 fully saturated rings. The molecular weight excluding hydrogens is 693 g/mol. The number of nitrogens with one attached hydrogen (secondary N) is 4. The lowest BCUT2D eigenvalue weighted by molar-refractivity contribution is -0.144. The van der Waals surface area contributed by atoms with Crippen LogP contribution in [0, 0.1) is 23.2 Å². The molecule has 0 aromatic carbocycles. The molecule has 0 radical (unpaired) electrons. The first kappa shape index (κ1) is 37.9. The van der Waals surface area contributed by atoms with E-state index >= 15 is 0 Å². The van der Waals surface area contributed by atoms with Gasteiger partial charge < -0.3 is 26.2 Å². The summed E-state index contributed by atoms with van der Waals surface area (Å²) in [5, 5.41) is 10.4. The van der Waals surface area contributed by atoms with E-state index in [1.807, 2.05) is 0 Å². The van der Waals surface area contributed by atoms with E-state index in [2.05, 4.69) is 27.8 Å². The summed E-state index contributed by atoms with van der Waals surface area (Å²) < 4.78 is 24.8. The molecule has 15 heteroatoms. The van der Waals surface area contributed by atoms with E-state index in [-0.39, 0.29) is 25.3 Å². The lowest BCUT2D eigenvalue weighted by Crippen LogP contribution is -2.65. The van der Waals surface area contributed by atoms with E-state index < -0.39 is 89.9 Å². The smallest absolute Gasteiger partial charge is 0.315 e. The predicted octanol–water partition coefficient (Wildman–Crippen LogP) is 3.16. The molecule has 49 heavy (non-hydrogen) atoms. The third-order valence-corrected chi connectivity index (χ3v) is 14.6. The minimum atomic E-state index is -3.38. The van der Waals surface area contributed by atoms with Gasteiger partial charge in [0.25, 0.3) is 5.91 Å². The number of urea groups is 1. The largest absolute Gasteiger partial charge is 0.346 e. The van der Waals surface area contributed by atoms with Crippen LogP contribution in [0.5, 0.6) is 0 Å². The molecule has 2 heterocycles. The van der Waals surface area contributed by atoms with Crippen molar-refractivity contribution in [2.75, 3.05) is 18.8 Å². The minimum Gasteiger partial charge on any atom is -0.346 e. The zero-order valence-corrected chi connectivity index (χ0v) is 31.0. The SMILES string of the molecule is C=CCNC(=O)C(=O)[C@H](CCC1CC1)NC(=O)[C@@H]1[C@@H]2[C@H](CN1C(=O)[C@@H](NC(=O)NC1([C@H]3CCCS3(=O)=O)CCCCC1)C(C)(C)C)C2(Cl)Cl. The van der Waals surface area contributed by atoms with Crippen molar-refractivity contribution in [1.29, 1.82) is 0 Å². The van der Waals surface area contributed by atoms with E-state index in [4.69, 9.17) is 23.2 Å². The Hall–Kier alpha value is -2.38. The standard InChI is InChI=1S/C34H51Cl2N5O7S/c1-5-17-37-29(44)26(42)22(14-13-20-11-12-20)38-28(43)25-24-21(34(24,35)36)19-41(25)30(45)27(32(2,3)4)39-31(46)40-33(15-7-6-8-16-33)23-10-9-18-49(23,47)48/h5,20-25,27H,1,6-19H2,2-4H3,(H,37,44)(H,38,43)(H2,39,40,46)/t21-,22-,23+,24-,25-,27+/m0/s1. The van der Waals surface area contributed by atoms with Crippen LogP contribution in [-0.4, -0.2) is 94.9 Å². The summed E-state index contributed by atoms with van der Waals surface area (Å²) in [6.45, 7) is 9.09. The van der Waals surface area contributed by atoms with Crippen molar-refractivity contribution in [2.45, 2.75) is 125 Å². The number of amides is 5. The Bertz CT molecular complexity index is 1450. The molecule has 2 aliphatic heterocycles. The first-order valence-electron chi connectivity index (χ1n) is 17.6. The van der Waals surface area contributed by atoms with Crippen molar-refractivity contribution in [3.63, 3.8) is 0 Å². The van der Waals surface area contributed by atoms with Gasteiger partial charge in [-0.1, -0.05) is 59.0 Å². The van der Waals surface area contributed by atoms with Gasteiger partial charge >= 0.3 is 6.03 Å². The molecule has 5 aliphatic rings. The first-order chi connectivity index (χ1) is 22.9. The van der Waals surface area contributed by atoms with Crippen LogP contribution < -0.4 is 21.3 Å². The fourth-order valence-corrected chi connectivity index (χ4v) is 11.4. The van der Waals surface area contributed by atoms with E-state index in [0.717, 1.165) is 32.1 Å². The maximum Gasteiger partial charge on any atom is 0.315 e. The third kappa shape index (κ3) is 8.08. The number of ketones is 1. The number of hydrogen-bond donors (Lipinski definition) is 4. The highest BCUT2D eigenvalue weighted by atomic mass is 35.5. The second-order valence-electron chi connectivity index (χ2n) is 15.8. The van der Waals surface area contributed by atoms with Crippen LogP contribution >= 0.6 is 23.2 Å². The normalized spacial score (nSPS) is 29.1. The predicted molar refractivity (Wildman–Crippen MR) is 187 cm³/mol. The molecule has 0 bridgehead atoms. The molecule has 4 N–H and O–H groups in total. The van der Waals surface area contributed by atoms with Crippen molar-refractivity contribution in [3.8, 4) is 0 Å². The second kappa shape index (κ2) is 14.3. The van der Waals surface area contributed by atoms with Crippen LogP contribution in [-0.2, 0) is 29.0 Å². The van der Waals surface area contributed by atoms with Crippen molar-refractivity contribution in [1.82, 2.24) is 26.2 Å². The second-order valence-corrected chi connectivity index (χ2v) is 19.5. The molecule has 2 saturated heterocycles. The summed E-state index contributed by atoms with van der Waals surface area (Å²) in [4.78, 5) is 69.3. The summed E-state index contributed by atoms with van der Waals surface area (Å²) in [7, 11) is -3.38. The van der Waals surface area contributed by atoms with Gasteiger partial charge in [0.1, 0.15) is 16.4 Å². The van der Waals surface area contributed by atoms with Gasteiger partial charge in [0.05, 0.1) is 22.6 Å². The van der Waals surface area contributed by atoms with Gasteiger partial charge in [0.15, 0.2) is 9.84 Å². The molecule has 0 unspecified atom stereocenters. The highest BCUT2D eigenvalue weighted by Gasteiger charge is 2.74. The third-order valence-electron chi connectivity index (χ3n) is 11.2. The first-order valence-corrected chi connectivity index (χ1v) is 20.1. The van der Waals surface area contributed by atoms with Crippen molar-refractivity contribution in [3.05, 3.63) is 12.7 Å². The van der Waals surface area contributed by atoms with Gasteiger partial charge in [-0.3, -0.25) is 19.2 Å². The maximum absolute atomic E-state index is 14.4. The number of carbonyl (C=O) groups excluding carboxylic acids is 5. The summed E-state index contributed by atoms with van der Waals surface area (Å²) in [6, 6.07) is -3.97. The molecule has 274 valence electrons. The molecule has 3 saturated carbocycles. The highest BCUT2D eigenvalue weighted by Crippen LogP contribution is 2.65. The number of alkyl halides is 2. The number of fused-ring (bicyclic) bond motifs is 1. The Balaban J connectivity index is 1.34. The van der Waals surface area contributed by atoms with Gasteiger partial charge in [0.2, 0.25) is 17.6 Å². The zero-order valence-electron chi connectivity index (χ0n) is 28.7. The average molecular weight is 745 g/mol. The number of sulfone groups is 1. The quantitative estimate of drug-likeness (QED) is 0.128. The van der Waals surface area contributed by atoms with Gasteiger partial charge in [-0.2, -0.15) is 0 Å². The number of hydrogen-bond acceptors (Lipinski definition) is 7. The number of halogens is 2. The van der Waals surface area contributed by atoms with Gasteiger partial charge in [-0.25, -0.2) is 13.2 Å². The number of Topliss-reactive ketones (excluding diaryl/α,β-unsaturated/α-hetero) is 1. The molecule has 6 atom stereocenters. The number of rotatable bonds is 13. The number of nitrogens with zero attached hydrogens (tertiary/aromatic N) is 1. The highest BCUT2D eigenvalue weighted by molar-refractivity contribution is 7.92. The fourth-order valence-electron chi connectivity index (χ4n) is 8.21. The van der Waals surface area contributed by atoms with Crippen molar-refractivity contribution < 1.29 is 32.4 Å². The molecule has 0 aromatic rings. The fraction of sp³-hybridized carbons (Fsp3) is 0.794. The number of piperidine rings is 1. The molecule has 5 amide bonds. The summed E-state index contributed by atoms with van der Waals surface area (Å²) in [5.74, 6) is -3.26. The van der Waals surface area contributed by atoms with Crippen LogP contribution in [0.4, 0.5) is 4.79 Å². The number of carbonyl (C=O) groups is 5. The molecule has 3 aliphatic carbocycles. The summed E-state index contributed by atoms with van der Waals surface area (Å²) >= 11 is 13.2. The Morgan fingerprint density at radius 2 is 1.67 bits per heavy atom. The monoisotopic (exact) mass is 743 g/mol. The molecule has 5 rings (SSSR count). The van der Waals surface area contributed by atoms with Crippen LogP contribution in [0.2, 0.25) is 0 Å². The Morgan fingerprint density at radius 3 is 2.24 bits per heavy atom. The van der Waals surface area contributed by atoms with E-state index in [1.165, 1.54) is 11.0 Å². The van der Waals surface area contributed by atoms with Gasteiger partial charge in [-0.05, 0) is 49.9 Å². The average Bonchev–Trinajstić information content (AvgIpc) is 3.83. The topological polar surface area (TPSA) is 171 Å². The van der Waals surface area contributed by atoms with Crippen molar-refractivity contribution in [2.24, 2.45) is 23.2 Å². The van der Waals surface area contributed by atoms with Crippen LogP contribution in [0.15, 0.2) is 12.7 Å². The van der Waals surface area contributed by atoms with E-state index in [9.17, 15) is 32.4 Å². The van der Waals surface area contributed by atoms with Crippen LogP contribution in [0.25, 0.3) is 0 Å². The van der Waals surface area contributed by atoms with Gasteiger partial charge in [0, 0.05) is 24.9 Å². The van der Waals surface area contributed by atoms with Crippen molar-refractivity contribution >= 4 is 62.6 Å². The lowest BCUT2D eigenvalue weighted by Gasteiger charge is -2.43. The Labute approximate surface area is 299 Å². The minimum absolute atomic E-state index is 0.0647. The van der Waals surface area contributed by atoms with Gasteiger partial charge in [-0.15, -0.1) is 29.8 Å².